The van der Waals surface area contributed by atoms with E-state index in [0.29, 0.717) is 5.58 Å². The van der Waals surface area contributed by atoms with Crippen molar-refractivity contribution in [3.05, 3.63) is 68.8 Å². The highest BCUT2D eigenvalue weighted by Crippen LogP contribution is 2.23. The van der Waals surface area contributed by atoms with E-state index in [4.69, 9.17) is 4.42 Å². The average molecular weight is 422 g/mol. The maximum Gasteiger partial charge on any atom is 0.307 e. The van der Waals surface area contributed by atoms with Gasteiger partial charge >= 0.3 is 5.91 Å². The lowest BCUT2D eigenvalue weighted by molar-refractivity contribution is 0.0929. The molecule has 0 radical (unpaired) electrons. The molecule has 0 unspecified atom stereocenters. The molecule has 0 atom stereocenters. The van der Waals surface area contributed by atoms with E-state index in [1.807, 2.05) is 36.4 Å². The van der Waals surface area contributed by atoms with Gasteiger partial charge < -0.3 is 4.42 Å². The standard InChI is InChI=1S/C16H10Br2N2O2/c17-12-5-6-14-11(7-12)8-15(22-14)16(21)20-19-9-10-3-1-2-4-13(10)18/h1-9H,(H,20,21)/b19-9+. The summed E-state index contributed by atoms with van der Waals surface area (Å²) in [4.78, 5) is 12.0. The number of fused-ring (bicyclic) bond motifs is 1. The van der Waals surface area contributed by atoms with Crippen molar-refractivity contribution in [1.82, 2.24) is 5.43 Å². The molecule has 110 valence electrons. The van der Waals surface area contributed by atoms with Crippen LogP contribution in [0.4, 0.5) is 0 Å². The third kappa shape index (κ3) is 3.28. The van der Waals surface area contributed by atoms with Crippen molar-refractivity contribution in [3.63, 3.8) is 0 Å². The van der Waals surface area contributed by atoms with Crippen molar-refractivity contribution in [3.8, 4) is 0 Å². The van der Waals surface area contributed by atoms with E-state index >= 15 is 0 Å². The SMILES string of the molecule is O=C(N/N=C/c1ccccc1Br)c1cc2cc(Br)ccc2o1. The molecule has 0 fully saturated rings. The minimum Gasteiger partial charge on any atom is -0.451 e. The normalized spacial score (nSPS) is 11.2. The summed E-state index contributed by atoms with van der Waals surface area (Å²) < 4.78 is 7.33. The van der Waals surface area contributed by atoms with Gasteiger partial charge in [-0.1, -0.05) is 50.1 Å². The zero-order valence-electron chi connectivity index (χ0n) is 11.2. The Morgan fingerprint density at radius 1 is 1.14 bits per heavy atom. The van der Waals surface area contributed by atoms with Crippen molar-refractivity contribution >= 4 is 55.0 Å². The van der Waals surface area contributed by atoms with Gasteiger partial charge in [-0.25, -0.2) is 5.43 Å². The number of furan rings is 1. The Kier molecular flexibility index (Phi) is 4.40. The Hall–Kier alpha value is -1.92. The van der Waals surface area contributed by atoms with Gasteiger partial charge in [-0.05, 0) is 30.3 Å². The molecule has 6 heteroatoms. The fourth-order valence-corrected chi connectivity index (χ4v) is 2.69. The van der Waals surface area contributed by atoms with Crippen molar-refractivity contribution in [1.29, 1.82) is 0 Å². The lowest BCUT2D eigenvalue weighted by Gasteiger charge is -1.97. The van der Waals surface area contributed by atoms with Crippen molar-refractivity contribution < 1.29 is 9.21 Å². The minimum absolute atomic E-state index is 0.220. The first-order valence-electron chi connectivity index (χ1n) is 6.40. The number of rotatable bonds is 3. The average Bonchev–Trinajstić information content (AvgIpc) is 2.92. The number of nitrogens with one attached hydrogen (secondary N) is 1. The van der Waals surface area contributed by atoms with Crippen LogP contribution in [0.5, 0.6) is 0 Å². The number of hydrogen-bond acceptors (Lipinski definition) is 3. The molecule has 3 aromatic rings. The molecule has 0 bridgehead atoms. The Morgan fingerprint density at radius 3 is 2.77 bits per heavy atom. The largest absolute Gasteiger partial charge is 0.451 e. The molecule has 22 heavy (non-hydrogen) atoms. The quantitative estimate of drug-likeness (QED) is 0.491. The molecule has 0 aliphatic heterocycles. The van der Waals surface area contributed by atoms with Gasteiger partial charge in [0.25, 0.3) is 0 Å². The highest BCUT2D eigenvalue weighted by atomic mass is 79.9. The lowest BCUT2D eigenvalue weighted by atomic mass is 10.2. The van der Waals surface area contributed by atoms with E-state index in [1.54, 1.807) is 18.3 Å². The highest BCUT2D eigenvalue weighted by Gasteiger charge is 2.11. The van der Waals surface area contributed by atoms with Gasteiger partial charge in [-0.3, -0.25) is 4.79 Å². The summed E-state index contributed by atoms with van der Waals surface area (Å²) in [5.41, 5.74) is 3.98. The molecular formula is C16H10Br2N2O2. The van der Waals surface area contributed by atoms with Gasteiger partial charge in [0.1, 0.15) is 5.58 Å². The van der Waals surface area contributed by atoms with Crippen LogP contribution in [0.3, 0.4) is 0 Å². The third-order valence-electron chi connectivity index (χ3n) is 2.98. The van der Waals surface area contributed by atoms with Crippen LogP contribution in [0.1, 0.15) is 16.1 Å². The van der Waals surface area contributed by atoms with E-state index < -0.39 is 5.91 Å². The first kappa shape index (κ1) is 15.0. The number of halogens is 2. The molecule has 4 nitrogen and oxygen atoms in total. The van der Waals surface area contributed by atoms with E-state index in [1.165, 1.54) is 0 Å². The molecule has 1 amide bonds. The van der Waals surface area contributed by atoms with Gasteiger partial charge in [-0.2, -0.15) is 5.10 Å². The molecule has 0 aliphatic carbocycles. The van der Waals surface area contributed by atoms with Gasteiger partial charge in [0.05, 0.1) is 6.21 Å². The van der Waals surface area contributed by atoms with E-state index in [0.717, 1.165) is 19.9 Å². The van der Waals surface area contributed by atoms with Crippen molar-refractivity contribution in [2.75, 3.05) is 0 Å². The van der Waals surface area contributed by atoms with E-state index in [9.17, 15) is 4.79 Å². The van der Waals surface area contributed by atoms with Crippen molar-refractivity contribution in [2.24, 2.45) is 5.10 Å². The Balaban J connectivity index is 1.75. The maximum atomic E-state index is 12.0. The fourth-order valence-electron chi connectivity index (χ4n) is 1.92. The summed E-state index contributed by atoms with van der Waals surface area (Å²) in [5.74, 6) is -0.173. The smallest absolute Gasteiger partial charge is 0.307 e. The predicted octanol–water partition coefficient (Wildman–Crippen LogP) is 4.72. The molecule has 1 N–H and O–H groups in total. The molecule has 1 aromatic heterocycles. The van der Waals surface area contributed by atoms with E-state index in [2.05, 4.69) is 42.4 Å². The molecule has 0 aliphatic rings. The number of carbonyl (C=O) groups excluding carboxylic acids is 1. The van der Waals surface area contributed by atoms with Gasteiger partial charge in [0.2, 0.25) is 0 Å². The Bertz CT molecular complexity index is 871. The summed E-state index contributed by atoms with van der Waals surface area (Å²) in [7, 11) is 0. The van der Waals surface area contributed by atoms with Crippen LogP contribution < -0.4 is 5.43 Å². The number of amides is 1. The molecule has 2 aromatic carbocycles. The zero-order valence-corrected chi connectivity index (χ0v) is 14.4. The fraction of sp³-hybridized carbons (Fsp3) is 0. The molecule has 3 rings (SSSR count). The molecular weight excluding hydrogens is 412 g/mol. The van der Waals surface area contributed by atoms with Crippen LogP contribution in [-0.4, -0.2) is 12.1 Å². The summed E-state index contributed by atoms with van der Waals surface area (Å²) >= 11 is 6.79. The van der Waals surface area contributed by atoms with Crippen LogP contribution in [0.2, 0.25) is 0 Å². The molecule has 0 saturated carbocycles. The van der Waals surface area contributed by atoms with Crippen LogP contribution in [0.25, 0.3) is 11.0 Å². The third-order valence-corrected chi connectivity index (χ3v) is 4.19. The maximum absolute atomic E-state index is 12.0. The second-order valence-corrected chi connectivity index (χ2v) is 6.28. The Morgan fingerprint density at radius 2 is 1.95 bits per heavy atom. The second-order valence-electron chi connectivity index (χ2n) is 4.51. The Labute approximate surface area is 143 Å². The topological polar surface area (TPSA) is 54.6 Å². The van der Waals surface area contributed by atoms with Crippen LogP contribution in [0.15, 0.2) is 67.0 Å². The molecule has 0 saturated heterocycles. The van der Waals surface area contributed by atoms with E-state index in [-0.39, 0.29) is 5.76 Å². The first-order chi connectivity index (χ1) is 10.6. The minimum atomic E-state index is -0.393. The number of benzene rings is 2. The summed E-state index contributed by atoms with van der Waals surface area (Å²) in [5, 5.41) is 4.80. The van der Waals surface area contributed by atoms with Crippen LogP contribution in [-0.2, 0) is 0 Å². The number of nitrogens with zero attached hydrogens (tertiary/aromatic N) is 1. The van der Waals surface area contributed by atoms with Crippen LogP contribution in [0, 0.1) is 0 Å². The zero-order chi connectivity index (χ0) is 15.5. The van der Waals surface area contributed by atoms with Crippen LogP contribution >= 0.6 is 31.9 Å². The molecule has 1 heterocycles. The summed E-state index contributed by atoms with van der Waals surface area (Å²) in [6.45, 7) is 0. The number of hydrogen-bond donors (Lipinski definition) is 1. The predicted molar refractivity (Wildman–Crippen MR) is 93.1 cm³/mol. The number of carbonyl (C=O) groups is 1. The van der Waals surface area contributed by atoms with Gasteiger partial charge in [0.15, 0.2) is 5.76 Å². The molecule has 0 spiro atoms. The summed E-state index contributed by atoms with van der Waals surface area (Å²) in [6, 6.07) is 14.8. The number of hydrazone groups is 1. The highest BCUT2D eigenvalue weighted by molar-refractivity contribution is 9.10. The summed E-state index contributed by atoms with van der Waals surface area (Å²) in [6.07, 6.45) is 1.57. The monoisotopic (exact) mass is 420 g/mol. The van der Waals surface area contributed by atoms with Crippen molar-refractivity contribution in [2.45, 2.75) is 0 Å². The first-order valence-corrected chi connectivity index (χ1v) is 7.99. The van der Waals surface area contributed by atoms with Gasteiger partial charge in [-0.15, -0.1) is 0 Å². The van der Waals surface area contributed by atoms with Gasteiger partial charge in [0, 0.05) is 19.9 Å². The lowest BCUT2D eigenvalue weighted by Crippen LogP contribution is -2.16. The second kappa shape index (κ2) is 6.46.